The number of aryl methyl sites for hydroxylation is 1. The second-order valence-corrected chi connectivity index (χ2v) is 9.23. The van der Waals surface area contributed by atoms with E-state index < -0.39 is 4.92 Å². The highest BCUT2D eigenvalue weighted by molar-refractivity contribution is 7.99. The molecule has 2 N–H and O–H groups in total. The molecule has 0 aliphatic heterocycles. The molecule has 0 aliphatic rings. The van der Waals surface area contributed by atoms with Crippen molar-refractivity contribution in [1.29, 1.82) is 0 Å². The fourth-order valence-electron chi connectivity index (χ4n) is 3.39. The van der Waals surface area contributed by atoms with Crippen LogP contribution in [0.15, 0.2) is 53.7 Å². The van der Waals surface area contributed by atoms with Crippen LogP contribution >= 0.6 is 11.8 Å². The number of rotatable bonds is 10. The van der Waals surface area contributed by atoms with Crippen LogP contribution in [0, 0.1) is 23.0 Å². The molecule has 0 saturated carbocycles. The van der Waals surface area contributed by atoms with Crippen LogP contribution in [0.4, 0.5) is 11.4 Å². The zero-order valence-corrected chi connectivity index (χ0v) is 20.8. The first-order valence-corrected chi connectivity index (χ1v) is 12.2. The van der Waals surface area contributed by atoms with Crippen molar-refractivity contribution >= 4 is 35.0 Å². The number of anilines is 1. The van der Waals surface area contributed by atoms with E-state index in [4.69, 9.17) is 0 Å². The molecule has 0 radical (unpaired) electrons. The minimum atomic E-state index is -0.496. The van der Waals surface area contributed by atoms with Gasteiger partial charge in [-0.1, -0.05) is 43.3 Å². The predicted octanol–water partition coefficient (Wildman–Crippen LogP) is 4.37. The highest BCUT2D eigenvalue weighted by Crippen LogP contribution is 2.26. The first-order valence-electron chi connectivity index (χ1n) is 11.2. The van der Waals surface area contributed by atoms with Gasteiger partial charge in [0.15, 0.2) is 11.0 Å². The van der Waals surface area contributed by atoms with Crippen molar-refractivity contribution in [3.05, 3.63) is 75.6 Å². The average Bonchev–Trinajstić information content (AvgIpc) is 3.24. The highest BCUT2D eigenvalue weighted by Gasteiger charge is 2.26. The van der Waals surface area contributed by atoms with Gasteiger partial charge >= 0.3 is 0 Å². The normalized spacial score (nSPS) is 11.8. The Balaban J connectivity index is 1.68. The van der Waals surface area contributed by atoms with Crippen molar-refractivity contribution in [2.75, 3.05) is 11.1 Å². The number of amides is 2. The van der Waals surface area contributed by atoms with Crippen molar-refractivity contribution in [2.45, 2.75) is 45.4 Å². The van der Waals surface area contributed by atoms with Crippen molar-refractivity contribution in [1.82, 2.24) is 20.1 Å². The van der Waals surface area contributed by atoms with E-state index in [0.717, 1.165) is 5.56 Å². The smallest absolute Gasteiger partial charge is 0.269 e. The van der Waals surface area contributed by atoms with Crippen molar-refractivity contribution in [3.8, 4) is 0 Å². The molecule has 184 valence electrons. The molecular formula is C24H28N6O4S. The highest BCUT2D eigenvalue weighted by atomic mass is 32.2. The molecule has 0 fully saturated rings. The molecule has 0 spiro atoms. The lowest BCUT2D eigenvalue weighted by atomic mass is 10.0. The Bertz CT molecular complexity index is 1190. The number of nitrogens with one attached hydrogen (secondary N) is 2. The molecule has 0 saturated heterocycles. The molecular weight excluding hydrogens is 468 g/mol. The van der Waals surface area contributed by atoms with E-state index >= 15 is 0 Å². The van der Waals surface area contributed by atoms with Gasteiger partial charge in [-0.05, 0) is 44.0 Å². The lowest BCUT2D eigenvalue weighted by Gasteiger charge is -2.22. The summed E-state index contributed by atoms with van der Waals surface area (Å²) < 4.78 is 1.89. The molecule has 1 atom stereocenters. The molecule has 0 bridgehead atoms. The summed E-state index contributed by atoms with van der Waals surface area (Å²) in [5.41, 5.74) is 2.07. The van der Waals surface area contributed by atoms with Gasteiger partial charge in [0.2, 0.25) is 5.91 Å². The fourth-order valence-corrected chi connectivity index (χ4v) is 4.20. The number of nitro benzene ring substituents is 1. The zero-order valence-electron chi connectivity index (χ0n) is 20.0. The third-order valence-corrected chi connectivity index (χ3v) is 6.27. The fraction of sp³-hybridized carbons (Fsp3) is 0.333. The number of nitro groups is 1. The van der Waals surface area contributed by atoms with E-state index in [-0.39, 0.29) is 35.2 Å². The molecule has 2 amide bonds. The minimum Gasteiger partial charge on any atom is -0.342 e. The van der Waals surface area contributed by atoms with Crippen LogP contribution in [0.2, 0.25) is 0 Å². The quantitative estimate of drug-likeness (QED) is 0.242. The molecule has 3 rings (SSSR count). The summed E-state index contributed by atoms with van der Waals surface area (Å²) in [4.78, 5) is 35.5. The van der Waals surface area contributed by atoms with Crippen LogP contribution in [0.1, 0.15) is 48.6 Å². The molecule has 2 aromatic carbocycles. The van der Waals surface area contributed by atoms with Crippen LogP contribution in [-0.4, -0.2) is 37.3 Å². The topological polar surface area (TPSA) is 132 Å². The van der Waals surface area contributed by atoms with Crippen molar-refractivity contribution < 1.29 is 14.5 Å². The van der Waals surface area contributed by atoms with Gasteiger partial charge in [-0.3, -0.25) is 19.7 Å². The van der Waals surface area contributed by atoms with Crippen LogP contribution in [0.25, 0.3) is 0 Å². The number of nitrogens with zero attached hydrogens (tertiary/aromatic N) is 4. The average molecular weight is 497 g/mol. The van der Waals surface area contributed by atoms with E-state index in [9.17, 15) is 19.7 Å². The maximum Gasteiger partial charge on any atom is 0.269 e. The van der Waals surface area contributed by atoms with Crippen LogP contribution in [-0.2, 0) is 11.3 Å². The molecule has 3 aromatic rings. The summed E-state index contributed by atoms with van der Waals surface area (Å²) in [5, 5.41) is 25.7. The Morgan fingerprint density at radius 2 is 1.74 bits per heavy atom. The monoisotopic (exact) mass is 496 g/mol. The van der Waals surface area contributed by atoms with Gasteiger partial charge in [0.25, 0.3) is 11.6 Å². The summed E-state index contributed by atoms with van der Waals surface area (Å²) in [6.45, 7) is 8.48. The Kier molecular flexibility index (Phi) is 8.58. The van der Waals surface area contributed by atoms with Gasteiger partial charge in [0.05, 0.1) is 16.7 Å². The number of carbonyl (C=O) groups excluding carboxylic acids is 2. The minimum absolute atomic E-state index is 0.0462. The first-order chi connectivity index (χ1) is 16.7. The number of hydrogen-bond acceptors (Lipinski definition) is 7. The van der Waals surface area contributed by atoms with Gasteiger partial charge in [0, 0.05) is 29.9 Å². The second-order valence-electron chi connectivity index (χ2n) is 8.29. The largest absolute Gasteiger partial charge is 0.342 e. The first kappa shape index (κ1) is 25.9. The van der Waals surface area contributed by atoms with Gasteiger partial charge < -0.3 is 15.2 Å². The molecule has 1 aromatic heterocycles. The SMILES string of the molecule is CCn1c(SCC(=O)Nc2ccc([N+](=O)[O-])cc2)nnc1[C@@H](NC(=O)c1ccc(C)cc1)C(C)C. The summed E-state index contributed by atoms with van der Waals surface area (Å²) in [7, 11) is 0. The van der Waals surface area contributed by atoms with E-state index in [1.54, 1.807) is 12.1 Å². The summed E-state index contributed by atoms with van der Waals surface area (Å²) in [5.74, 6) is 0.301. The Morgan fingerprint density at radius 1 is 1.09 bits per heavy atom. The predicted molar refractivity (Wildman–Crippen MR) is 134 cm³/mol. The van der Waals surface area contributed by atoms with Crippen LogP contribution < -0.4 is 10.6 Å². The number of hydrogen-bond donors (Lipinski definition) is 2. The maximum absolute atomic E-state index is 12.8. The van der Waals surface area contributed by atoms with E-state index in [1.165, 1.54) is 36.0 Å². The third-order valence-electron chi connectivity index (χ3n) is 5.30. The van der Waals surface area contributed by atoms with Crippen molar-refractivity contribution in [3.63, 3.8) is 0 Å². The summed E-state index contributed by atoms with van der Waals surface area (Å²) in [6.07, 6.45) is 0. The molecule has 35 heavy (non-hydrogen) atoms. The third kappa shape index (κ3) is 6.66. The summed E-state index contributed by atoms with van der Waals surface area (Å²) in [6, 6.07) is 12.6. The number of carbonyl (C=O) groups is 2. The molecule has 1 heterocycles. The van der Waals surface area contributed by atoms with E-state index in [2.05, 4.69) is 20.8 Å². The van der Waals surface area contributed by atoms with Crippen molar-refractivity contribution in [2.24, 2.45) is 5.92 Å². The van der Waals surface area contributed by atoms with E-state index in [0.29, 0.717) is 28.8 Å². The number of non-ortho nitro benzene ring substituents is 1. The van der Waals surface area contributed by atoms with Crippen LogP contribution in [0.5, 0.6) is 0 Å². The van der Waals surface area contributed by atoms with Gasteiger partial charge in [-0.2, -0.15) is 0 Å². The second kappa shape index (κ2) is 11.6. The maximum atomic E-state index is 12.8. The Hall–Kier alpha value is -3.73. The molecule has 0 aliphatic carbocycles. The van der Waals surface area contributed by atoms with E-state index in [1.807, 2.05) is 44.4 Å². The molecule has 10 nitrogen and oxygen atoms in total. The lowest BCUT2D eigenvalue weighted by molar-refractivity contribution is -0.384. The number of thioether (sulfide) groups is 1. The molecule has 11 heteroatoms. The Morgan fingerprint density at radius 3 is 2.31 bits per heavy atom. The van der Waals surface area contributed by atoms with Gasteiger partial charge in [-0.25, -0.2) is 0 Å². The zero-order chi connectivity index (χ0) is 25.5. The number of aromatic nitrogens is 3. The Labute approximate surface area is 207 Å². The van der Waals surface area contributed by atoms with Crippen LogP contribution in [0.3, 0.4) is 0 Å². The summed E-state index contributed by atoms with van der Waals surface area (Å²) >= 11 is 1.23. The van der Waals surface area contributed by atoms with Gasteiger partial charge in [0.1, 0.15) is 0 Å². The standard InChI is InChI=1S/C24H28N6O4S/c1-5-29-22(21(15(2)3)26-23(32)17-8-6-16(4)7-9-17)27-28-24(29)35-14-20(31)25-18-10-12-19(13-11-18)30(33)34/h6-13,15,21H,5,14H2,1-4H3,(H,25,31)(H,26,32)/t21-/m0/s1. The van der Waals surface area contributed by atoms with Gasteiger partial charge in [-0.15, -0.1) is 10.2 Å². The number of benzene rings is 2. The molecule has 0 unspecified atom stereocenters. The lowest BCUT2D eigenvalue weighted by Crippen LogP contribution is -2.33.